The number of aryl methyl sites for hydroxylation is 2. The Kier molecular flexibility index (Phi) is 4.70. The first-order chi connectivity index (χ1) is 13.1. The van der Waals surface area contributed by atoms with Crippen LogP contribution >= 0.6 is 0 Å². The third-order valence-electron chi connectivity index (χ3n) is 4.76. The number of benzene rings is 1. The topological polar surface area (TPSA) is 93.9 Å². The van der Waals surface area contributed by atoms with E-state index in [1.807, 2.05) is 28.9 Å². The number of rotatable bonds is 4. The number of aromatic nitrogens is 2. The molecule has 3 heterocycles. The van der Waals surface area contributed by atoms with Crippen molar-refractivity contribution in [2.75, 3.05) is 13.2 Å². The van der Waals surface area contributed by atoms with Gasteiger partial charge in [-0.15, -0.1) is 0 Å². The maximum Gasteiger partial charge on any atom is 0.303 e. The number of hydrogen-bond donors (Lipinski definition) is 1. The normalized spacial score (nSPS) is 18.5. The molecule has 0 fully saturated rings. The number of carboxylic acids is 1. The second-order valence-electron chi connectivity index (χ2n) is 6.72. The van der Waals surface area contributed by atoms with Gasteiger partial charge in [0.25, 0.3) is 5.91 Å². The molecule has 0 bridgehead atoms. The van der Waals surface area contributed by atoms with E-state index in [2.05, 4.69) is 5.10 Å². The van der Waals surface area contributed by atoms with Crippen molar-refractivity contribution in [2.24, 2.45) is 0 Å². The largest absolute Gasteiger partial charge is 0.485 e. The lowest BCUT2D eigenvalue weighted by Crippen LogP contribution is -2.46. The molecular weight excluding hydrogens is 350 g/mol. The average Bonchev–Trinajstić information content (AvgIpc) is 2.95. The Balaban J connectivity index is 1.45. The molecule has 2 aliphatic rings. The van der Waals surface area contributed by atoms with Crippen molar-refractivity contribution in [1.82, 2.24) is 14.7 Å². The average molecular weight is 371 g/mol. The zero-order chi connectivity index (χ0) is 18.8. The highest BCUT2D eigenvalue weighted by Gasteiger charge is 2.32. The summed E-state index contributed by atoms with van der Waals surface area (Å²) >= 11 is 0. The zero-order valence-corrected chi connectivity index (χ0v) is 14.8. The lowest BCUT2D eigenvalue weighted by Gasteiger charge is -2.30. The van der Waals surface area contributed by atoms with Crippen LogP contribution < -0.4 is 9.47 Å². The van der Waals surface area contributed by atoms with Crippen LogP contribution in [-0.2, 0) is 29.1 Å². The summed E-state index contributed by atoms with van der Waals surface area (Å²) in [5.41, 5.74) is 1.66. The molecule has 142 valence electrons. The Bertz CT molecular complexity index is 863. The molecule has 27 heavy (non-hydrogen) atoms. The molecule has 4 rings (SSSR count). The van der Waals surface area contributed by atoms with Gasteiger partial charge in [-0.05, 0) is 24.6 Å². The number of hydrogen-bond acceptors (Lipinski definition) is 5. The number of aliphatic carboxylic acids is 1. The summed E-state index contributed by atoms with van der Waals surface area (Å²) in [5, 5.41) is 13.3. The summed E-state index contributed by atoms with van der Waals surface area (Å²) in [7, 11) is 0. The number of carboxylic acid groups (broad SMARTS) is 1. The van der Waals surface area contributed by atoms with Crippen LogP contribution in [0.1, 0.15) is 24.2 Å². The summed E-state index contributed by atoms with van der Waals surface area (Å²) in [6.07, 6.45) is 0.551. The van der Waals surface area contributed by atoms with Gasteiger partial charge in [-0.1, -0.05) is 12.1 Å². The minimum Gasteiger partial charge on any atom is -0.485 e. The van der Waals surface area contributed by atoms with E-state index in [1.165, 1.54) is 0 Å². The van der Waals surface area contributed by atoms with Gasteiger partial charge in [-0.25, -0.2) is 0 Å². The first-order valence-corrected chi connectivity index (χ1v) is 9.05. The molecule has 1 amide bonds. The van der Waals surface area contributed by atoms with Crippen LogP contribution in [-0.4, -0.2) is 50.9 Å². The summed E-state index contributed by atoms with van der Waals surface area (Å²) in [6.45, 7) is 1.95. The van der Waals surface area contributed by atoms with Crippen LogP contribution in [0.4, 0.5) is 0 Å². The molecule has 0 radical (unpaired) electrons. The van der Waals surface area contributed by atoms with Crippen LogP contribution in [0.3, 0.4) is 0 Å². The lowest BCUT2D eigenvalue weighted by atomic mass is 10.2. The van der Waals surface area contributed by atoms with Crippen molar-refractivity contribution in [2.45, 2.75) is 38.5 Å². The molecule has 0 unspecified atom stereocenters. The molecule has 0 saturated carbocycles. The minimum atomic E-state index is -0.843. The number of fused-ring (bicyclic) bond motifs is 2. The van der Waals surface area contributed by atoms with E-state index < -0.39 is 12.1 Å². The van der Waals surface area contributed by atoms with E-state index in [9.17, 15) is 9.59 Å². The molecule has 0 spiro atoms. The van der Waals surface area contributed by atoms with Crippen molar-refractivity contribution in [3.63, 3.8) is 0 Å². The number of para-hydroxylation sites is 2. The molecule has 2 aliphatic heterocycles. The van der Waals surface area contributed by atoms with E-state index in [1.54, 1.807) is 11.0 Å². The second-order valence-corrected chi connectivity index (χ2v) is 6.72. The Morgan fingerprint density at radius 3 is 2.85 bits per heavy atom. The van der Waals surface area contributed by atoms with E-state index in [4.69, 9.17) is 14.6 Å². The van der Waals surface area contributed by atoms with Crippen molar-refractivity contribution >= 4 is 11.9 Å². The summed E-state index contributed by atoms with van der Waals surface area (Å²) in [6, 6.07) is 9.21. The fourth-order valence-corrected chi connectivity index (χ4v) is 3.41. The summed E-state index contributed by atoms with van der Waals surface area (Å²) < 4.78 is 13.4. The number of nitrogens with zero attached hydrogens (tertiary/aromatic N) is 3. The smallest absolute Gasteiger partial charge is 0.303 e. The van der Waals surface area contributed by atoms with Crippen LogP contribution in [0.25, 0.3) is 0 Å². The Morgan fingerprint density at radius 2 is 2.04 bits per heavy atom. The molecule has 1 aromatic heterocycles. The molecular formula is C19H21N3O5. The molecule has 2 aromatic rings. The molecule has 0 aliphatic carbocycles. The number of ether oxygens (including phenoxy) is 2. The maximum atomic E-state index is 13.0. The SMILES string of the molecule is O=C(O)CCc1cc2n(n1)CCCN(C(=O)[C@H]1COc3ccccc3O1)C2. The fourth-order valence-electron chi connectivity index (χ4n) is 3.41. The van der Waals surface area contributed by atoms with Gasteiger partial charge in [0.15, 0.2) is 11.5 Å². The maximum absolute atomic E-state index is 13.0. The molecule has 1 N–H and O–H groups in total. The van der Waals surface area contributed by atoms with Crippen LogP contribution in [0.2, 0.25) is 0 Å². The van der Waals surface area contributed by atoms with Gasteiger partial charge in [0.1, 0.15) is 6.61 Å². The van der Waals surface area contributed by atoms with E-state index in [0.29, 0.717) is 37.6 Å². The molecule has 1 aromatic carbocycles. The number of carbonyl (C=O) groups excluding carboxylic acids is 1. The predicted molar refractivity (Wildman–Crippen MR) is 94.6 cm³/mol. The highest BCUT2D eigenvalue weighted by molar-refractivity contribution is 5.82. The quantitative estimate of drug-likeness (QED) is 0.875. The van der Waals surface area contributed by atoms with Gasteiger partial charge in [0.05, 0.1) is 24.4 Å². The highest BCUT2D eigenvalue weighted by Crippen LogP contribution is 2.31. The third-order valence-corrected chi connectivity index (χ3v) is 4.76. The van der Waals surface area contributed by atoms with Crippen molar-refractivity contribution in [3.05, 3.63) is 41.7 Å². The van der Waals surface area contributed by atoms with Crippen molar-refractivity contribution < 1.29 is 24.2 Å². The zero-order valence-electron chi connectivity index (χ0n) is 14.8. The van der Waals surface area contributed by atoms with Gasteiger partial charge < -0.3 is 19.5 Å². The van der Waals surface area contributed by atoms with E-state index >= 15 is 0 Å². The Morgan fingerprint density at radius 1 is 1.22 bits per heavy atom. The summed E-state index contributed by atoms with van der Waals surface area (Å²) in [4.78, 5) is 25.5. The second kappa shape index (κ2) is 7.30. The van der Waals surface area contributed by atoms with Crippen molar-refractivity contribution in [1.29, 1.82) is 0 Å². The third kappa shape index (κ3) is 3.74. The van der Waals surface area contributed by atoms with Gasteiger partial charge >= 0.3 is 5.97 Å². The summed E-state index contributed by atoms with van der Waals surface area (Å²) in [5.74, 6) is 0.285. The molecule has 8 heteroatoms. The fraction of sp³-hybridized carbons (Fsp3) is 0.421. The predicted octanol–water partition coefficient (Wildman–Crippen LogP) is 1.47. The van der Waals surface area contributed by atoms with Gasteiger partial charge in [0, 0.05) is 19.5 Å². The lowest BCUT2D eigenvalue weighted by molar-refractivity contribution is -0.142. The van der Waals surface area contributed by atoms with E-state index in [-0.39, 0.29) is 18.9 Å². The van der Waals surface area contributed by atoms with Gasteiger partial charge in [-0.3, -0.25) is 14.3 Å². The van der Waals surface area contributed by atoms with Gasteiger partial charge in [-0.2, -0.15) is 5.10 Å². The molecule has 1 atom stereocenters. The number of carbonyl (C=O) groups is 2. The van der Waals surface area contributed by atoms with Crippen LogP contribution in [0, 0.1) is 0 Å². The first kappa shape index (κ1) is 17.4. The molecule has 8 nitrogen and oxygen atoms in total. The number of amides is 1. The van der Waals surface area contributed by atoms with E-state index in [0.717, 1.165) is 17.8 Å². The van der Waals surface area contributed by atoms with Crippen LogP contribution in [0.15, 0.2) is 30.3 Å². The monoisotopic (exact) mass is 371 g/mol. The van der Waals surface area contributed by atoms with Gasteiger partial charge in [0.2, 0.25) is 6.10 Å². The highest BCUT2D eigenvalue weighted by atomic mass is 16.6. The molecule has 0 saturated heterocycles. The minimum absolute atomic E-state index is 0.0474. The van der Waals surface area contributed by atoms with Crippen LogP contribution in [0.5, 0.6) is 11.5 Å². The Hall–Kier alpha value is -3.03. The standard InChI is InChI=1S/C19H21N3O5/c23-18(24)7-6-13-10-14-11-21(8-3-9-22(14)20-13)19(25)17-12-26-15-4-1-2-5-16(15)27-17/h1-2,4-5,10,17H,3,6-9,11-12H2,(H,23,24)/t17-/m1/s1. The Labute approximate surface area is 156 Å². The van der Waals surface area contributed by atoms with Crippen molar-refractivity contribution in [3.8, 4) is 11.5 Å². The first-order valence-electron chi connectivity index (χ1n) is 9.05.